The quantitative estimate of drug-likeness (QED) is 0.463. The van der Waals surface area contributed by atoms with Crippen LogP contribution in [0.2, 0.25) is 0 Å². The molecule has 0 saturated carbocycles. The highest BCUT2D eigenvalue weighted by atomic mass is 16.5. The minimum absolute atomic E-state index is 0.361. The molecule has 0 amide bonds. The first kappa shape index (κ1) is 12.9. The first-order valence-corrected chi connectivity index (χ1v) is 5.95. The van der Waals surface area contributed by atoms with Crippen LogP contribution in [-0.2, 0) is 0 Å². The molecule has 0 aliphatic rings. The highest BCUT2D eigenvalue weighted by Gasteiger charge is 2.09. The molecule has 19 heavy (non-hydrogen) atoms. The maximum absolute atomic E-state index is 12.0. The Morgan fingerprint density at radius 1 is 1.05 bits per heavy atom. The Hall–Kier alpha value is -2.53. The second-order valence-electron chi connectivity index (χ2n) is 4.43. The molecule has 2 aromatic rings. The summed E-state index contributed by atoms with van der Waals surface area (Å²) in [5, 5.41) is 0. The molecule has 2 nitrogen and oxygen atoms in total. The Morgan fingerprint density at radius 3 is 2.16 bits per heavy atom. The SMILES string of the molecule is C#Cc1ccc(OC(=O)c2cc(C)cc(C)c2)cc1. The summed E-state index contributed by atoms with van der Waals surface area (Å²) < 4.78 is 5.30. The van der Waals surface area contributed by atoms with Gasteiger partial charge in [-0.1, -0.05) is 23.1 Å². The zero-order chi connectivity index (χ0) is 13.8. The van der Waals surface area contributed by atoms with E-state index in [2.05, 4.69) is 5.92 Å². The molecule has 0 aromatic heterocycles. The van der Waals surface area contributed by atoms with Crippen molar-refractivity contribution in [3.8, 4) is 18.1 Å². The summed E-state index contributed by atoms with van der Waals surface area (Å²) in [6.45, 7) is 3.90. The molecule has 0 spiro atoms. The average Bonchev–Trinajstić information content (AvgIpc) is 2.38. The summed E-state index contributed by atoms with van der Waals surface area (Å²) >= 11 is 0. The van der Waals surface area contributed by atoms with Crippen molar-refractivity contribution in [2.24, 2.45) is 0 Å². The van der Waals surface area contributed by atoms with Crippen LogP contribution in [0.5, 0.6) is 5.75 Å². The molecule has 0 radical (unpaired) electrons. The number of ether oxygens (including phenoxy) is 1. The lowest BCUT2D eigenvalue weighted by molar-refractivity contribution is 0.0734. The number of carbonyl (C=O) groups is 1. The monoisotopic (exact) mass is 250 g/mol. The molecule has 0 fully saturated rings. The topological polar surface area (TPSA) is 26.3 Å². The normalized spacial score (nSPS) is 9.74. The van der Waals surface area contributed by atoms with Crippen molar-refractivity contribution in [1.29, 1.82) is 0 Å². The van der Waals surface area contributed by atoms with E-state index >= 15 is 0 Å². The van der Waals surface area contributed by atoms with Gasteiger partial charge < -0.3 is 4.74 Å². The second-order valence-corrected chi connectivity index (χ2v) is 4.43. The standard InChI is InChI=1S/C17H14O2/c1-4-14-5-7-16(8-6-14)19-17(18)15-10-12(2)9-13(3)11-15/h1,5-11H,2-3H3. The van der Waals surface area contributed by atoms with Gasteiger partial charge in [-0.15, -0.1) is 6.42 Å². The highest BCUT2D eigenvalue weighted by Crippen LogP contribution is 2.15. The van der Waals surface area contributed by atoms with Gasteiger partial charge >= 0.3 is 5.97 Å². The molecule has 94 valence electrons. The van der Waals surface area contributed by atoms with Gasteiger partial charge in [0, 0.05) is 5.56 Å². The lowest BCUT2D eigenvalue weighted by atomic mass is 10.1. The number of rotatable bonds is 2. The van der Waals surface area contributed by atoms with E-state index in [0.29, 0.717) is 11.3 Å². The Balaban J connectivity index is 2.18. The molecule has 0 N–H and O–H groups in total. The lowest BCUT2D eigenvalue weighted by Gasteiger charge is -2.06. The van der Waals surface area contributed by atoms with Crippen LogP contribution in [0.15, 0.2) is 42.5 Å². The number of aryl methyl sites for hydroxylation is 2. The Bertz CT molecular complexity index is 626. The van der Waals surface area contributed by atoms with Gasteiger partial charge in [0.2, 0.25) is 0 Å². The Morgan fingerprint density at radius 2 is 1.63 bits per heavy atom. The molecule has 0 unspecified atom stereocenters. The Kier molecular flexibility index (Phi) is 3.68. The van der Waals surface area contributed by atoms with Gasteiger partial charge in [-0.05, 0) is 50.2 Å². The van der Waals surface area contributed by atoms with Crippen molar-refractivity contribution in [2.75, 3.05) is 0 Å². The summed E-state index contributed by atoms with van der Waals surface area (Å²) in [6.07, 6.45) is 5.27. The van der Waals surface area contributed by atoms with Crippen LogP contribution >= 0.6 is 0 Å². The number of carbonyl (C=O) groups excluding carboxylic acids is 1. The molecular weight excluding hydrogens is 236 g/mol. The molecule has 0 heterocycles. The van der Waals surface area contributed by atoms with E-state index in [-0.39, 0.29) is 5.97 Å². The van der Waals surface area contributed by atoms with E-state index in [1.54, 1.807) is 24.3 Å². The number of terminal acetylenes is 1. The van der Waals surface area contributed by atoms with Crippen molar-refractivity contribution < 1.29 is 9.53 Å². The van der Waals surface area contributed by atoms with E-state index in [1.807, 2.05) is 32.0 Å². The molecule has 2 heteroatoms. The van der Waals surface area contributed by atoms with Crippen LogP contribution in [-0.4, -0.2) is 5.97 Å². The molecule has 0 aliphatic carbocycles. The fraction of sp³-hybridized carbons (Fsp3) is 0.118. The van der Waals surface area contributed by atoms with Gasteiger partial charge in [-0.25, -0.2) is 4.79 Å². The van der Waals surface area contributed by atoms with Crippen LogP contribution in [0, 0.1) is 26.2 Å². The smallest absolute Gasteiger partial charge is 0.343 e. The van der Waals surface area contributed by atoms with E-state index < -0.39 is 0 Å². The first-order chi connectivity index (χ1) is 9.08. The van der Waals surface area contributed by atoms with Gasteiger partial charge in [-0.3, -0.25) is 0 Å². The molecular formula is C17H14O2. The second kappa shape index (κ2) is 5.41. The number of esters is 1. The number of hydrogen-bond donors (Lipinski definition) is 0. The molecule has 0 saturated heterocycles. The first-order valence-electron chi connectivity index (χ1n) is 5.95. The van der Waals surface area contributed by atoms with Crippen LogP contribution in [0.25, 0.3) is 0 Å². The third-order valence-electron chi connectivity index (χ3n) is 2.69. The average molecular weight is 250 g/mol. The van der Waals surface area contributed by atoms with Crippen LogP contribution < -0.4 is 4.74 Å². The lowest BCUT2D eigenvalue weighted by Crippen LogP contribution is -2.09. The third kappa shape index (κ3) is 3.23. The van der Waals surface area contributed by atoms with Crippen LogP contribution in [0.1, 0.15) is 27.0 Å². The molecule has 2 aromatic carbocycles. The van der Waals surface area contributed by atoms with Crippen molar-refractivity contribution >= 4 is 5.97 Å². The zero-order valence-electron chi connectivity index (χ0n) is 10.9. The summed E-state index contributed by atoms with van der Waals surface area (Å²) in [5.41, 5.74) is 3.38. The summed E-state index contributed by atoms with van der Waals surface area (Å²) in [6, 6.07) is 12.5. The summed E-state index contributed by atoms with van der Waals surface area (Å²) in [5.74, 6) is 2.64. The minimum atomic E-state index is -0.361. The largest absolute Gasteiger partial charge is 0.423 e. The van der Waals surface area contributed by atoms with E-state index in [0.717, 1.165) is 16.7 Å². The molecule has 2 rings (SSSR count). The van der Waals surface area contributed by atoms with Gasteiger partial charge in [0.15, 0.2) is 0 Å². The van der Waals surface area contributed by atoms with Gasteiger partial charge in [0.05, 0.1) is 5.56 Å². The third-order valence-corrected chi connectivity index (χ3v) is 2.69. The van der Waals surface area contributed by atoms with Crippen LogP contribution in [0.3, 0.4) is 0 Å². The minimum Gasteiger partial charge on any atom is -0.423 e. The maximum atomic E-state index is 12.0. The summed E-state index contributed by atoms with van der Waals surface area (Å²) in [4.78, 5) is 12.0. The molecule has 0 atom stereocenters. The van der Waals surface area contributed by atoms with E-state index in [9.17, 15) is 4.79 Å². The Labute approximate surface area is 113 Å². The number of benzene rings is 2. The summed E-state index contributed by atoms with van der Waals surface area (Å²) in [7, 11) is 0. The zero-order valence-corrected chi connectivity index (χ0v) is 10.9. The van der Waals surface area contributed by atoms with E-state index in [4.69, 9.17) is 11.2 Å². The highest BCUT2D eigenvalue weighted by molar-refractivity contribution is 5.91. The van der Waals surface area contributed by atoms with Gasteiger partial charge in [0.1, 0.15) is 5.75 Å². The fourth-order valence-corrected chi connectivity index (χ4v) is 1.88. The van der Waals surface area contributed by atoms with Crippen molar-refractivity contribution in [1.82, 2.24) is 0 Å². The van der Waals surface area contributed by atoms with E-state index in [1.165, 1.54) is 0 Å². The van der Waals surface area contributed by atoms with Crippen molar-refractivity contribution in [3.05, 3.63) is 64.7 Å². The molecule has 0 aliphatic heterocycles. The predicted molar refractivity (Wildman–Crippen MR) is 75.3 cm³/mol. The van der Waals surface area contributed by atoms with Crippen molar-refractivity contribution in [2.45, 2.75) is 13.8 Å². The molecule has 0 bridgehead atoms. The maximum Gasteiger partial charge on any atom is 0.343 e. The van der Waals surface area contributed by atoms with Gasteiger partial charge in [0.25, 0.3) is 0 Å². The number of hydrogen-bond acceptors (Lipinski definition) is 2. The fourth-order valence-electron chi connectivity index (χ4n) is 1.88. The predicted octanol–water partition coefficient (Wildman–Crippen LogP) is 3.50. The van der Waals surface area contributed by atoms with Gasteiger partial charge in [-0.2, -0.15) is 0 Å². The van der Waals surface area contributed by atoms with Crippen LogP contribution in [0.4, 0.5) is 0 Å². The van der Waals surface area contributed by atoms with Crippen molar-refractivity contribution in [3.63, 3.8) is 0 Å².